The van der Waals surface area contributed by atoms with Gasteiger partial charge in [0.1, 0.15) is 17.0 Å². The molecule has 0 saturated heterocycles. The number of imidazole rings is 1. The highest BCUT2D eigenvalue weighted by molar-refractivity contribution is 6.10. The van der Waals surface area contributed by atoms with E-state index in [4.69, 9.17) is 9.40 Å². The van der Waals surface area contributed by atoms with Crippen molar-refractivity contribution in [3.8, 4) is 39.3 Å². The number of rotatable bonds is 4. The second-order valence-corrected chi connectivity index (χ2v) is 10.5. The highest BCUT2D eigenvalue weighted by atomic mass is 16.3. The molecule has 41 heavy (non-hydrogen) atoms. The monoisotopic (exact) mass is 526 g/mol. The lowest BCUT2D eigenvalue weighted by Gasteiger charge is -2.19. The zero-order valence-electron chi connectivity index (χ0n) is 22.6. The third kappa shape index (κ3) is 3.78. The van der Waals surface area contributed by atoms with Crippen LogP contribution in [0.15, 0.2) is 144 Å². The van der Waals surface area contributed by atoms with E-state index in [9.17, 15) is 0 Å². The Hall–Kier alpha value is -5.41. The maximum absolute atomic E-state index is 6.58. The van der Waals surface area contributed by atoms with Gasteiger partial charge in [-0.2, -0.15) is 0 Å². The summed E-state index contributed by atoms with van der Waals surface area (Å²) < 4.78 is 8.91. The summed E-state index contributed by atoms with van der Waals surface area (Å²) in [6, 6.07) is 48.9. The fraction of sp³-hybridized carbons (Fsp3) is 0.0263. The van der Waals surface area contributed by atoms with Crippen molar-refractivity contribution >= 4 is 33.0 Å². The predicted molar refractivity (Wildman–Crippen MR) is 169 cm³/mol. The van der Waals surface area contributed by atoms with Gasteiger partial charge < -0.3 is 4.42 Å². The van der Waals surface area contributed by atoms with Crippen LogP contribution in [-0.4, -0.2) is 9.55 Å². The van der Waals surface area contributed by atoms with Crippen molar-refractivity contribution in [2.24, 2.45) is 0 Å². The molecule has 0 aliphatic carbocycles. The number of benzene rings is 6. The lowest BCUT2D eigenvalue weighted by Crippen LogP contribution is -2.03. The lowest BCUT2D eigenvalue weighted by molar-refractivity contribution is 0.669. The highest BCUT2D eigenvalue weighted by Gasteiger charge is 2.23. The van der Waals surface area contributed by atoms with Crippen molar-refractivity contribution < 1.29 is 4.42 Å². The van der Waals surface area contributed by atoms with Crippen molar-refractivity contribution in [3.05, 3.63) is 145 Å². The van der Waals surface area contributed by atoms with Crippen molar-refractivity contribution in [1.82, 2.24) is 9.55 Å². The van der Waals surface area contributed by atoms with Crippen LogP contribution in [0, 0.1) is 6.92 Å². The van der Waals surface area contributed by atoms with E-state index in [0.717, 1.165) is 72.3 Å². The Labute approximate surface area is 238 Å². The minimum atomic E-state index is 0.850. The largest absolute Gasteiger partial charge is 0.455 e. The Balaban J connectivity index is 1.52. The van der Waals surface area contributed by atoms with Crippen LogP contribution in [0.2, 0.25) is 0 Å². The molecule has 8 rings (SSSR count). The molecular weight excluding hydrogens is 500 g/mol. The van der Waals surface area contributed by atoms with Gasteiger partial charge in [0.05, 0.1) is 22.3 Å². The molecule has 0 fully saturated rings. The van der Waals surface area contributed by atoms with E-state index in [1.165, 1.54) is 5.56 Å². The number of furan rings is 1. The third-order valence-electron chi connectivity index (χ3n) is 7.89. The Kier molecular flexibility index (Phi) is 5.36. The summed E-state index contributed by atoms with van der Waals surface area (Å²) in [6.45, 7) is 2.10. The molecule has 0 aliphatic heterocycles. The molecule has 0 atom stereocenters. The molecule has 3 nitrogen and oxygen atoms in total. The van der Waals surface area contributed by atoms with Crippen LogP contribution in [0.1, 0.15) is 5.56 Å². The lowest BCUT2D eigenvalue weighted by atomic mass is 9.95. The number of aromatic nitrogens is 2. The third-order valence-corrected chi connectivity index (χ3v) is 7.89. The summed E-state index contributed by atoms with van der Waals surface area (Å²) >= 11 is 0. The molecule has 2 aromatic heterocycles. The number of aryl methyl sites for hydroxylation is 1. The molecule has 0 spiro atoms. The minimum Gasteiger partial charge on any atom is -0.455 e. The van der Waals surface area contributed by atoms with E-state index in [0.29, 0.717) is 0 Å². The summed E-state index contributed by atoms with van der Waals surface area (Å²) in [4.78, 5) is 5.27. The molecule has 0 radical (unpaired) electrons. The smallest absolute Gasteiger partial charge is 0.149 e. The molecular formula is C38H26N2O. The SMILES string of the molecule is Cc1ccc2c(c1)oc1c(-c3nc4ccccc4n3-c3c(-c4ccccc4)cccc3-c3ccccc3)cccc12. The van der Waals surface area contributed by atoms with Gasteiger partial charge in [-0.15, -0.1) is 0 Å². The summed E-state index contributed by atoms with van der Waals surface area (Å²) in [5, 5.41) is 2.21. The van der Waals surface area contributed by atoms with E-state index < -0.39 is 0 Å². The van der Waals surface area contributed by atoms with Crippen molar-refractivity contribution in [2.75, 3.05) is 0 Å². The first-order chi connectivity index (χ1) is 20.3. The van der Waals surface area contributed by atoms with E-state index in [-0.39, 0.29) is 0 Å². The molecule has 0 bridgehead atoms. The Morgan fingerprint density at radius 1 is 0.561 bits per heavy atom. The van der Waals surface area contributed by atoms with Crippen molar-refractivity contribution in [3.63, 3.8) is 0 Å². The standard InChI is InChI=1S/C38H26N2O/c1-25-22-23-30-31-18-11-19-32(37(31)41-35(30)24-25)38-39-33-20-8-9-21-34(33)40(38)36-28(26-12-4-2-5-13-26)16-10-17-29(36)27-14-6-3-7-15-27/h2-24H,1H3. The van der Waals surface area contributed by atoms with Crippen molar-refractivity contribution in [2.45, 2.75) is 6.92 Å². The first-order valence-electron chi connectivity index (χ1n) is 13.9. The van der Waals surface area contributed by atoms with E-state index in [1.807, 2.05) is 0 Å². The average Bonchev–Trinajstić information content (AvgIpc) is 3.59. The first-order valence-corrected chi connectivity index (χ1v) is 13.9. The summed E-state index contributed by atoms with van der Waals surface area (Å²) in [5.41, 5.74) is 11.6. The van der Waals surface area contributed by atoms with Crippen LogP contribution < -0.4 is 0 Å². The van der Waals surface area contributed by atoms with Crippen LogP contribution >= 0.6 is 0 Å². The van der Waals surface area contributed by atoms with Gasteiger partial charge in [-0.05, 0) is 47.9 Å². The molecule has 3 heteroatoms. The summed E-state index contributed by atoms with van der Waals surface area (Å²) in [7, 11) is 0. The molecule has 0 N–H and O–H groups in total. The molecule has 8 aromatic rings. The Morgan fingerprint density at radius 3 is 1.93 bits per heavy atom. The molecule has 6 aromatic carbocycles. The average molecular weight is 527 g/mol. The van der Waals surface area contributed by atoms with Crippen LogP contribution in [0.3, 0.4) is 0 Å². The molecule has 194 valence electrons. The van der Waals surface area contributed by atoms with Gasteiger partial charge >= 0.3 is 0 Å². The second kappa shape index (κ2) is 9.35. The summed E-state index contributed by atoms with van der Waals surface area (Å²) in [5.74, 6) is 0.855. The van der Waals surface area contributed by atoms with Gasteiger partial charge in [0.15, 0.2) is 0 Å². The van der Waals surface area contributed by atoms with Crippen molar-refractivity contribution in [1.29, 1.82) is 0 Å². The quantitative estimate of drug-likeness (QED) is 0.228. The van der Waals surface area contributed by atoms with Crippen LogP contribution in [0.4, 0.5) is 0 Å². The topological polar surface area (TPSA) is 31.0 Å². The second-order valence-electron chi connectivity index (χ2n) is 10.5. The fourth-order valence-electron chi connectivity index (χ4n) is 6.00. The van der Waals surface area contributed by atoms with Crippen LogP contribution in [-0.2, 0) is 0 Å². The molecule has 2 heterocycles. The van der Waals surface area contributed by atoms with Gasteiger partial charge in [0.2, 0.25) is 0 Å². The molecule has 0 aliphatic rings. The normalized spacial score (nSPS) is 11.5. The maximum Gasteiger partial charge on any atom is 0.149 e. The molecule has 0 saturated carbocycles. The van der Waals surface area contributed by atoms with Crippen LogP contribution in [0.25, 0.3) is 72.3 Å². The van der Waals surface area contributed by atoms with E-state index in [2.05, 4.69) is 151 Å². The summed E-state index contributed by atoms with van der Waals surface area (Å²) in [6.07, 6.45) is 0. The zero-order valence-corrected chi connectivity index (χ0v) is 22.6. The predicted octanol–water partition coefficient (Wildman–Crippen LogP) is 10.2. The van der Waals surface area contributed by atoms with Crippen LogP contribution in [0.5, 0.6) is 0 Å². The van der Waals surface area contributed by atoms with Gasteiger partial charge in [0.25, 0.3) is 0 Å². The van der Waals surface area contributed by atoms with Gasteiger partial charge in [0, 0.05) is 21.9 Å². The first kappa shape index (κ1) is 23.5. The van der Waals surface area contributed by atoms with E-state index in [1.54, 1.807) is 0 Å². The number of hydrogen-bond acceptors (Lipinski definition) is 2. The van der Waals surface area contributed by atoms with Gasteiger partial charge in [-0.1, -0.05) is 115 Å². The number of fused-ring (bicyclic) bond motifs is 4. The molecule has 0 amide bonds. The minimum absolute atomic E-state index is 0.850. The zero-order chi connectivity index (χ0) is 27.3. The number of para-hydroxylation sites is 4. The highest BCUT2D eigenvalue weighted by Crippen LogP contribution is 2.42. The fourth-order valence-corrected chi connectivity index (χ4v) is 6.00. The number of nitrogens with zero attached hydrogens (tertiary/aromatic N) is 2. The van der Waals surface area contributed by atoms with E-state index >= 15 is 0 Å². The molecule has 0 unspecified atom stereocenters. The maximum atomic E-state index is 6.58. The van der Waals surface area contributed by atoms with Gasteiger partial charge in [-0.25, -0.2) is 4.98 Å². The Morgan fingerprint density at radius 2 is 1.20 bits per heavy atom. The Bertz CT molecular complexity index is 2150. The van der Waals surface area contributed by atoms with Gasteiger partial charge in [-0.3, -0.25) is 4.57 Å². The number of hydrogen-bond donors (Lipinski definition) is 0.